The van der Waals surface area contributed by atoms with Gasteiger partial charge in [0.25, 0.3) is 0 Å². The van der Waals surface area contributed by atoms with E-state index in [0.717, 1.165) is 21.6 Å². The topological polar surface area (TPSA) is 45.2 Å². The third-order valence-corrected chi connectivity index (χ3v) is 9.49. The van der Waals surface area contributed by atoms with Gasteiger partial charge < -0.3 is 4.98 Å². The average Bonchev–Trinajstić information content (AvgIpc) is 3.29. The number of H-pyrrole nitrogens is 1. The van der Waals surface area contributed by atoms with Crippen LogP contribution in [0.5, 0.6) is 0 Å². The van der Waals surface area contributed by atoms with Crippen molar-refractivity contribution in [2.24, 2.45) is 4.99 Å². The molecule has 3 nitrogen and oxygen atoms in total. The maximum absolute atomic E-state index is 13.8. The molecule has 0 fully saturated rings. The molecule has 1 aliphatic rings. The summed E-state index contributed by atoms with van der Waals surface area (Å²) in [5.41, 5.74) is 2.25. The molecule has 0 spiro atoms. The monoisotopic (exact) mass is 394 g/mol. The number of carbonyl (C=O) groups is 1. The highest BCUT2D eigenvalue weighted by Gasteiger charge is 2.37. The highest BCUT2D eigenvalue weighted by atomic mass is 31.2. The lowest BCUT2D eigenvalue weighted by Crippen LogP contribution is -2.36. The zero-order valence-electron chi connectivity index (χ0n) is 15.7. The van der Waals surface area contributed by atoms with E-state index in [2.05, 4.69) is 35.3 Å². The number of aromatic nitrogens is 1. The van der Waals surface area contributed by atoms with Crippen LogP contribution in [0.3, 0.4) is 0 Å². The van der Waals surface area contributed by atoms with E-state index in [9.17, 15) is 4.79 Å². The van der Waals surface area contributed by atoms with Crippen molar-refractivity contribution in [3.63, 3.8) is 0 Å². The van der Waals surface area contributed by atoms with Gasteiger partial charge >= 0.3 is 0 Å². The third-order valence-electron chi connectivity index (χ3n) is 5.28. The Balaban J connectivity index is 1.96. The summed E-state index contributed by atoms with van der Waals surface area (Å²) in [4.78, 5) is 21.9. The van der Waals surface area contributed by atoms with E-state index < -0.39 is 6.89 Å². The van der Waals surface area contributed by atoms with E-state index >= 15 is 0 Å². The van der Waals surface area contributed by atoms with Crippen molar-refractivity contribution in [3.8, 4) is 0 Å². The molecule has 5 rings (SSSR count). The molecule has 0 bridgehead atoms. The predicted molar refractivity (Wildman–Crippen MR) is 123 cm³/mol. The number of hydrogen-bond donors (Lipinski definition) is 1. The number of aliphatic imine (C=N–C) groups is 1. The number of nitrogens with one attached hydrogen (secondary N) is 1. The molecule has 0 unspecified atom stereocenters. The average molecular weight is 394 g/mol. The summed E-state index contributed by atoms with van der Waals surface area (Å²) < 4.78 is 0. The van der Waals surface area contributed by atoms with Crippen LogP contribution in [0.1, 0.15) is 16.1 Å². The van der Waals surface area contributed by atoms with E-state index in [0.29, 0.717) is 11.0 Å². The summed E-state index contributed by atoms with van der Waals surface area (Å²) in [6.45, 7) is -2.43. The number of Topliss-reactive ketones (excluding diaryl/α,β-unsaturated/α-hetero) is 1. The summed E-state index contributed by atoms with van der Waals surface area (Å²) in [6, 6.07) is 32.2. The molecule has 4 heteroatoms. The molecule has 140 valence electrons. The molecular formula is C25H19N2OP. The van der Waals surface area contributed by atoms with Gasteiger partial charge in [0, 0.05) is 24.0 Å². The molecule has 0 saturated heterocycles. The summed E-state index contributed by atoms with van der Waals surface area (Å²) >= 11 is 0. The normalized spacial score (nSPS) is 14.4. The van der Waals surface area contributed by atoms with Gasteiger partial charge in [0.05, 0.1) is 11.9 Å². The van der Waals surface area contributed by atoms with Crippen molar-refractivity contribution in [2.75, 3.05) is 0 Å². The van der Waals surface area contributed by atoms with Crippen LogP contribution >= 0.6 is 6.89 Å². The molecule has 4 aromatic rings. The zero-order valence-corrected chi connectivity index (χ0v) is 16.6. The largest absolute Gasteiger partial charge is 0.360 e. The van der Waals surface area contributed by atoms with E-state index in [1.54, 1.807) is 6.21 Å². The first-order chi connectivity index (χ1) is 14.3. The zero-order chi connectivity index (χ0) is 19.7. The van der Waals surface area contributed by atoms with Gasteiger partial charge in [-0.3, -0.25) is 4.79 Å². The van der Waals surface area contributed by atoms with Crippen molar-refractivity contribution in [2.45, 2.75) is 0 Å². The first kappa shape index (κ1) is 17.7. The van der Waals surface area contributed by atoms with E-state index in [1.807, 2.05) is 72.9 Å². The second kappa shape index (κ2) is 7.20. The molecule has 0 saturated carbocycles. The number of fused-ring (bicyclic) bond motifs is 1. The van der Waals surface area contributed by atoms with Crippen molar-refractivity contribution in [1.82, 2.24) is 4.98 Å². The molecule has 2 heterocycles. The maximum Gasteiger partial charge on any atom is 0.212 e. The number of ketones is 1. The summed E-state index contributed by atoms with van der Waals surface area (Å²) in [6.07, 6.45) is 3.73. The van der Waals surface area contributed by atoms with Gasteiger partial charge in [-0.25, -0.2) is 4.99 Å². The minimum atomic E-state index is -2.43. The molecule has 3 aromatic carbocycles. The Kier molecular flexibility index (Phi) is 4.38. The van der Waals surface area contributed by atoms with Crippen molar-refractivity contribution in [1.29, 1.82) is 0 Å². The fraction of sp³-hybridized carbons (Fsp3) is 0. The number of carbonyl (C=O) groups excluding carboxylic acids is 1. The van der Waals surface area contributed by atoms with Gasteiger partial charge in [-0.1, -0.05) is 91.0 Å². The lowest BCUT2D eigenvalue weighted by molar-refractivity contribution is 0.106. The third kappa shape index (κ3) is 2.74. The van der Waals surface area contributed by atoms with Gasteiger partial charge in [0.1, 0.15) is 5.42 Å². The summed E-state index contributed by atoms with van der Waals surface area (Å²) in [5, 5.41) is 3.40. The second-order valence-corrected chi connectivity index (χ2v) is 10.2. The summed E-state index contributed by atoms with van der Waals surface area (Å²) in [7, 11) is 0. The molecule has 1 N–H and O–H groups in total. The van der Waals surface area contributed by atoms with Gasteiger partial charge in [-0.15, -0.1) is 0 Å². The molecule has 0 amide bonds. The van der Waals surface area contributed by atoms with Gasteiger partial charge in [0.2, 0.25) is 5.78 Å². The SMILES string of the molecule is O=C(C1=P(c2ccccc2)(c2ccccc2)c2cc[nH]c2C=N1)c1ccccc1. The van der Waals surface area contributed by atoms with E-state index in [1.165, 1.54) is 0 Å². The first-order valence-corrected chi connectivity index (χ1v) is 11.3. The Morgan fingerprint density at radius 2 is 1.28 bits per heavy atom. The molecule has 1 aromatic heterocycles. The number of hydrogen-bond acceptors (Lipinski definition) is 2. The molecule has 0 atom stereocenters. The van der Waals surface area contributed by atoms with E-state index in [4.69, 9.17) is 4.99 Å². The Morgan fingerprint density at radius 1 is 0.724 bits per heavy atom. The minimum absolute atomic E-state index is 0.0188. The molecule has 29 heavy (non-hydrogen) atoms. The predicted octanol–water partition coefficient (Wildman–Crippen LogP) is 3.75. The quantitative estimate of drug-likeness (QED) is 0.416. The van der Waals surface area contributed by atoms with Crippen LogP contribution in [0.2, 0.25) is 0 Å². The minimum Gasteiger partial charge on any atom is -0.360 e. The van der Waals surface area contributed by atoms with Crippen LogP contribution in [-0.2, 0) is 0 Å². The lowest BCUT2D eigenvalue weighted by Gasteiger charge is -2.32. The second-order valence-electron chi connectivity index (χ2n) is 6.90. The van der Waals surface area contributed by atoms with Crippen LogP contribution in [0.15, 0.2) is 108 Å². The fourth-order valence-corrected chi connectivity index (χ4v) is 8.26. The Hall–Kier alpha value is -3.42. The first-order valence-electron chi connectivity index (χ1n) is 9.51. The van der Waals surface area contributed by atoms with Crippen LogP contribution in [0.25, 0.3) is 0 Å². The van der Waals surface area contributed by atoms with Crippen molar-refractivity contribution in [3.05, 3.63) is 115 Å². The Morgan fingerprint density at radius 3 is 1.86 bits per heavy atom. The highest BCUT2D eigenvalue weighted by Crippen LogP contribution is 2.48. The van der Waals surface area contributed by atoms with Gasteiger partial charge in [0.15, 0.2) is 0 Å². The molecule has 1 aliphatic heterocycles. The number of benzene rings is 3. The number of nitrogens with zero attached hydrogens (tertiary/aromatic N) is 1. The Labute approximate surface area is 169 Å². The van der Waals surface area contributed by atoms with Crippen molar-refractivity contribution < 1.29 is 4.79 Å². The van der Waals surface area contributed by atoms with Crippen LogP contribution in [0.4, 0.5) is 0 Å². The standard InChI is InChI=1S/C25H19N2OP/c28-24(19-10-4-1-5-11-19)25-27-18-22-23(16-17-26-22)29(25,20-12-6-2-7-13-20)21-14-8-3-9-15-21/h1-18,26H. The van der Waals surface area contributed by atoms with E-state index in [-0.39, 0.29) is 5.78 Å². The van der Waals surface area contributed by atoms with Gasteiger partial charge in [-0.05, 0) is 16.7 Å². The number of aromatic amines is 1. The molecule has 0 aliphatic carbocycles. The lowest BCUT2D eigenvalue weighted by atomic mass is 10.1. The fourth-order valence-electron chi connectivity index (χ4n) is 4.00. The smallest absolute Gasteiger partial charge is 0.212 e. The Bertz CT molecular complexity index is 1210. The van der Waals surface area contributed by atoms with Crippen LogP contribution in [0, 0.1) is 0 Å². The van der Waals surface area contributed by atoms with Crippen LogP contribution < -0.4 is 15.9 Å². The number of rotatable bonds is 4. The molecule has 0 radical (unpaired) electrons. The van der Waals surface area contributed by atoms with Crippen molar-refractivity contribution >= 4 is 40.2 Å². The van der Waals surface area contributed by atoms with Gasteiger partial charge in [-0.2, -0.15) is 0 Å². The maximum atomic E-state index is 13.8. The van der Waals surface area contributed by atoms with Crippen LogP contribution in [-0.4, -0.2) is 22.4 Å². The summed E-state index contributed by atoms with van der Waals surface area (Å²) in [5.74, 6) is -0.0188. The molecular weight excluding hydrogens is 375 g/mol. The highest BCUT2D eigenvalue weighted by molar-refractivity contribution is 7.96.